The number of carboxylic acids is 1. The summed E-state index contributed by atoms with van der Waals surface area (Å²) in [5, 5.41) is 19.9. The molecule has 0 saturated heterocycles. The maximum atomic E-state index is 10.9. The third-order valence-electron chi connectivity index (χ3n) is 2.93. The summed E-state index contributed by atoms with van der Waals surface area (Å²) < 4.78 is 0. The van der Waals surface area contributed by atoms with Crippen molar-refractivity contribution in [3.63, 3.8) is 0 Å². The highest BCUT2D eigenvalue weighted by Gasteiger charge is 2.26. The second-order valence-electron chi connectivity index (χ2n) is 3.97. The normalized spacial score (nSPS) is 19.5. The number of rotatable bonds is 3. The van der Waals surface area contributed by atoms with E-state index in [0.29, 0.717) is 0 Å². The Labute approximate surface area is 88.5 Å². The molecular formula is C10H17NO4. The van der Waals surface area contributed by atoms with Gasteiger partial charge in [0.25, 0.3) is 0 Å². The van der Waals surface area contributed by atoms with Gasteiger partial charge in [0.15, 0.2) is 0 Å². The van der Waals surface area contributed by atoms with Crippen molar-refractivity contribution in [3.8, 4) is 0 Å². The molecule has 15 heavy (non-hydrogen) atoms. The molecule has 86 valence electrons. The van der Waals surface area contributed by atoms with E-state index in [-0.39, 0.29) is 12.5 Å². The van der Waals surface area contributed by atoms with Gasteiger partial charge in [-0.15, -0.1) is 0 Å². The molecule has 1 rings (SSSR count). The minimum Gasteiger partial charge on any atom is -0.474 e. The summed E-state index contributed by atoms with van der Waals surface area (Å²) >= 11 is 0. The fourth-order valence-corrected chi connectivity index (χ4v) is 2.08. The summed E-state index contributed by atoms with van der Waals surface area (Å²) in [7, 11) is 0. The van der Waals surface area contributed by atoms with Crippen LogP contribution in [0.25, 0.3) is 0 Å². The van der Waals surface area contributed by atoms with E-state index in [9.17, 15) is 9.59 Å². The Morgan fingerprint density at radius 1 is 1.27 bits per heavy atom. The Balaban J connectivity index is 2.46. The Morgan fingerprint density at radius 2 is 1.87 bits per heavy atom. The van der Waals surface area contributed by atoms with Gasteiger partial charge >= 0.3 is 11.9 Å². The first-order chi connectivity index (χ1) is 7.15. The van der Waals surface area contributed by atoms with Crippen LogP contribution in [0.4, 0.5) is 0 Å². The van der Waals surface area contributed by atoms with E-state index in [2.05, 4.69) is 5.32 Å². The maximum absolute atomic E-state index is 10.9. The monoisotopic (exact) mass is 215 g/mol. The lowest BCUT2D eigenvalue weighted by molar-refractivity contribution is -0.150. The van der Waals surface area contributed by atoms with Gasteiger partial charge in [0.1, 0.15) is 0 Å². The number of carbonyl (C=O) groups is 2. The molecule has 0 heterocycles. The predicted octanol–water partition coefficient (Wildman–Crippen LogP) is 0.128. The molecule has 0 radical (unpaired) electrons. The van der Waals surface area contributed by atoms with E-state index < -0.39 is 17.9 Å². The van der Waals surface area contributed by atoms with Gasteiger partial charge in [0.05, 0.1) is 12.6 Å². The molecule has 1 aliphatic carbocycles. The minimum atomic E-state index is -1.50. The average molecular weight is 215 g/mol. The first-order valence-corrected chi connectivity index (χ1v) is 5.29. The van der Waals surface area contributed by atoms with Crippen LogP contribution in [0.3, 0.4) is 0 Å². The number of nitrogens with one attached hydrogen (secondary N) is 1. The van der Waals surface area contributed by atoms with E-state index in [1.165, 1.54) is 6.42 Å². The second kappa shape index (κ2) is 5.70. The maximum Gasteiger partial charge on any atom is 0.394 e. The summed E-state index contributed by atoms with van der Waals surface area (Å²) in [5.41, 5.74) is 0. The first-order valence-electron chi connectivity index (χ1n) is 5.29. The van der Waals surface area contributed by atoms with Crippen LogP contribution in [-0.4, -0.2) is 34.7 Å². The predicted molar refractivity (Wildman–Crippen MR) is 53.2 cm³/mol. The molecule has 1 aliphatic rings. The van der Waals surface area contributed by atoms with Crippen molar-refractivity contribution < 1.29 is 19.8 Å². The molecule has 0 spiro atoms. The summed E-state index contributed by atoms with van der Waals surface area (Å²) in [6, 6.07) is -0.408. The van der Waals surface area contributed by atoms with E-state index in [4.69, 9.17) is 10.2 Å². The smallest absolute Gasteiger partial charge is 0.394 e. The number of carboxylic acid groups (broad SMARTS) is 1. The molecule has 1 atom stereocenters. The molecule has 1 saturated carbocycles. The Hall–Kier alpha value is -1.10. The van der Waals surface area contributed by atoms with Gasteiger partial charge in [-0.2, -0.15) is 0 Å². The largest absolute Gasteiger partial charge is 0.474 e. The zero-order chi connectivity index (χ0) is 11.3. The van der Waals surface area contributed by atoms with Gasteiger partial charge < -0.3 is 15.5 Å². The molecule has 0 aromatic rings. The molecule has 1 amide bonds. The van der Waals surface area contributed by atoms with E-state index in [0.717, 1.165) is 25.7 Å². The summed E-state index contributed by atoms with van der Waals surface area (Å²) in [5.74, 6) is -2.31. The number of hydrogen-bond acceptors (Lipinski definition) is 3. The number of aliphatic hydroxyl groups is 1. The van der Waals surface area contributed by atoms with Crippen LogP contribution in [0, 0.1) is 5.92 Å². The summed E-state index contributed by atoms with van der Waals surface area (Å²) in [6.07, 6.45) is 5.26. The van der Waals surface area contributed by atoms with Crippen LogP contribution in [0.2, 0.25) is 0 Å². The molecule has 0 aromatic heterocycles. The van der Waals surface area contributed by atoms with Crippen molar-refractivity contribution in [1.29, 1.82) is 0 Å². The first kappa shape index (κ1) is 12.0. The number of hydrogen-bond donors (Lipinski definition) is 3. The zero-order valence-electron chi connectivity index (χ0n) is 8.61. The molecule has 0 bridgehead atoms. The van der Waals surface area contributed by atoms with Crippen LogP contribution in [0.15, 0.2) is 0 Å². The van der Waals surface area contributed by atoms with Crippen LogP contribution in [0.1, 0.15) is 32.1 Å². The van der Waals surface area contributed by atoms with E-state index in [1.54, 1.807) is 0 Å². The topological polar surface area (TPSA) is 86.6 Å². The molecule has 0 aromatic carbocycles. The number of aliphatic hydroxyl groups excluding tert-OH is 1. The van der Waals surface area contributed by atoms with Gasteiger partial charge in [0, 0.05) is 0 Å². The number of carbonyl (C=O) groups excluding carboxylic acids is 1. The molecule has 0 unspecified atom stereocenters. The molecule has 5 nitrogen and oxygen atoms in total. The van der Waals surface area contributed by atoms with Crippen molar-refractivity contribution in [3.05, 3.63) is 0 Å². The number of amides is 1. The van der Waals surface area contributed by atoms with Crippen LogP contribution in [0.5, 0.6) is 0 Å². The van der Waals surface area contributed by atoms with E-state index in [1.807, 2.05) is 0 Å². The standard InChI is InChI=1S/C10H17NO4/c12-6-8(11-9(13)10(14)15)7-4-2-1-3-5-7/h7-8,12H,1-6H2,(H,11,13)(H,14,15)/t8-/m0/s1. The fraction of sp³-hybridized carbons (Fsp3) is 0.800. The van der Waals surface area contributed by atoms with Crippen molar-refractivity contribution in [2.24, 2.45) is 5.92 Å². The summed E-state index contributed by atoms with van der Waals surface area (Å²) in [4.78, 5) is 21.3. The minimum absolute atomic E-state index is 0.191. The van der Waals surface area contributed by atoms with Crippen LogP contribution >= 0.6 is 0 Å². The lowest BCUT2D eigenvalue weighted by Gasteiger charge is -2.29. The van der Waals surface area contributed by atoms with Crippen molar-refractivity contribution in [1.82, 2.24) is 5.32 Å². The Bertz CT molecular complexity index is 236. The zero-order valence-corrected chi connectivity index (χ0v) is 8.61. The Morgan fingerprint density at radius 3 is 2.33 bits per heavy atom. The van der Waals surface area contributed by atoms with Gasteiger partial charge in [-0.25, -0.2) is 4.79 Å². The highest BCUT2D eigenvalue weighted by molar-refractivity contribution is 6.31. The van der Waals surface area contributed by atoms with Crippen LogP contribution < -0.4 is 5.32 Å². The lowest BCUT2D eigenvalue weighted by atomic mass is 9.84. The van der Waals surface area contributed by atoms with Gasteiger partial charge in [-0.05, 0) is 18.8 Å². The summed E-state index contributed by atoms with van der Waals surface area (Å²) in [6.45, 7) is -0.191. The molecule has 1 fully saturated rings. The van der Waals surface area contributed by atoms with Gasteiger partial charge in [-0.1, -0.05) is 19.3 Å². The quantitative estimate of drug-likeness (QED) is 0.584. The molecule has 3 N–H and O–H groups in total. The Kier molecular flexibility index (Phi) is 4.55. The fourth-order valence-electron chi connectivity index (χ4n) is 2.08. The van der Waals surface area contributed by atoms with E-state index >= 15 is 0 Å². The second-order valence-corrected chi connectivity index (χ2v) is 3.97. The highest BCUT2D eigenvalue weighted by Crippen LogP contribution is 2.26. The van der Waals surface area contributed by atoms with Crippen molar-refractivity contribution >= 4 is 11.9 Å². The molecule has 0 aliphatic heterocycles. The van der Waals surface area contributed by atoms with Gasteiger partial charge in [-0.3, -0.25) is 4.79 Å². The highest BCUT2D eigenvalue weighted by atomic mass is 16.4. The third kappa shape index (κ3) is 3.51. The lowest BCUT2D eigenvalue weighted by Crippen LogP contribution is -2.46. The SMILES string of the molecule is O=C(O)C(=O)N[C@@H](CO)C1CCCCC1. The van der Waals surface area contributed by atoms with Crippen molar-refractivity contribution in [2.75, 3.05) is 6.61 Å². The molecular weight excluding hydrogens is 198 g/mol. The molecule has 5 heteroatoms. The van der Waals surface area contributed by atoms with Gasteiger partial charge in [0.2, 0.25) is 0 Å². The van der Waals surface area contributed by atoms with Crippen LogP contribution in [-0.2, 0) is 9.59 Å². The average Bonchev–Trinajstić information content (AvgIpc) is 2.26. The third-order valence-corrected chi connectivity index (χ3v) is 2.93. The number of aliphatic carboxylic acids is 1. The van der Waals surface area contributed by atoms with Crippen molar-refractivity contribution in [2.45, 2.75) is 38.1 Å².